The molecule has 4 nitrogen and oxygen atoms in total. The molecule has 0 bridgehead atoms. The number of amides is 1. The summed E-state index contributed by atoms with van der Waals surface area (Å²) in [5.74, 6) is -0.379. The Morgan fingerprint density at radius 2 is 2.54 bits per heavy atom. The van der Waals surface area contributed by atoms with E-state index in [0.29, 0.717) is 11.3 Å². The molecule has 1 aromatic rings. The number of nitriles is 1. The van der Waals surface area contributed by atoms with Crippen LogP contribution >= 0.6 is 0 Å². The van der Waals surface area contributed by atoms with Gasteiger partial charge in [0.2, 0.25) is 0 Å². The van der Waals surface area contributed by atoms with Gasteiger partial charge in [0.05, 0.1) is 5.56 Å². The second-order valence-corrected chi connectivity index (χ2v) is 2.36. The Kier molecular flexibility index (Phi) is 3.03. The smallest absolute Gasteiger partial charge is 0.252 e. The standard InChI is InChI=1S/C8H8FN3O/c9-1-2-11-8(13)6-3-7(4-10)12-5-6/h3,5,12H,1-2H2,(H,11,13). The molecule has 2 N–H and O–H groups in total. The molecule has 0 atom stereocenters. The first-order chi connectivity index (χ1) is 6.27. The number of rotatable bonds is 3. The van der Waals surface area contributed by atoms with Gasteiger partial charge in [0, 0.05) is 12.7 Å². The number of halogens is 1. The van der Waals surface area contributed by atoms with Crippen LogP contribution in [0.4, 0.5) is 4.39 Å². The summed E-state index contributed by atoms with van der Waals surface area (Å²) in [6, 6.07) is 3.26. The molecule has 0 aliphatic carbocycles. The minimum absolute atomic E-state index is 0.00804. The van der Waals surface area contributed by atoms with Crippen molar-refractivity contribution in [1.29, 1.82) is 5.26 Å². The molecule has 0 aromatic carbocycles. The zero-order valence-corrected chi connectivity index (χ0v) is 6.80. The summed E-state index contributed by atoms with van der Waals surface area (Å²) in [5.41, 5.74) is 0.649. The molecule has 1 aromatic heterocycles. The van der Waals surface area contributed by atoms with Gasteiger partial charge in [0.1, 0.15) is 18.4 Å². The fourth-order valence-corrected chi connectivity index (χ4v) is 0.853. The molecular formula is C8H8FN3O. The van der Waals surface area contributed by atoms with Gasteiger partial charge in [-0.15, -0.1) is 0 Å². The maximum absolute atomic E-state index is 11.7. The molecule has 0 unspecified atom stereocenters. The number of carbonyl (C=O) groups excluding carboxylic acids is 1. The SMILES string of the molecule is N#Cc1cc(C(=O)NCCF)c[nH]1. The lowest BCUT2D eigenvalue weighted by atomic mass is 10.3. The molecule has 13 heavy (non-hydrogen) atoms. The van der Waals surface area contributed by atoms with Crippen molar-refractivity contribution in [3.8, 4) is 6.07 Å². The topological polar surface area (TPSA) is 68.7 Å². The summed E-state index contributed by atoms with van der Waals surface area (Å²) in [6.45, 7) is -0.604. The average molecular weight is 181 g/mol. The Hall–Kier alpha value is -1.83. The highest BCUT2D eigenvalue weighted by atomic mass is 19.1. The minimum Gasteiger partial charge on any atom is -0.352 e. The molecule has 1 rings (SSSR count). The number of H-pyrrole nitrogens is 1. The van der Waals surface area contributed by atoms with Gasteiger partial charge in [-0.3, -0.25) is 4.79 Å². The molecule has 5 heteroatoms. The lowest BCUT2D eigenvalue weighted by Gasteiger charge is -1.97. The zero-order chi connectivity index (χ0) is 9.68. The Labute approximate surface area is 74.4 Å². The monoisotopic (exact) mass is 181 g/mol. The number of hydrogen-bond acceptors (Lipinski definition) is 2. The highest BCUT2D eigenvalue weighted by Crippen LogP contribution is 2.01. The van der Waals surface area contributed by atoms with Crippen LogP contribution in [-0.4, -0.2) is 24.1 Å². The second kappa shape index (κ2) is 4.26. The van der Waals surface area contributed by atoms with Crippen molar-refractivity contribution in [3.05, 3.63) is 23.5 Å². The van der Waals surface area contributed by atoms with Gasteiger partial charge in [-0.25, -0.2) is 4.39 Å². The second-order valence-electron chi connectivity index (χ2n) is 2.36. The summed E-state index contributed by atoms with van der Waals surface area (Å²) in [4.78, 5) is 13.7. The molecule has 0 aliphatic heterocycles. The highest BCUT2D eigenvalue weighted by molar-refractivity contribution is 5.94. The molecular weight excluding hydrogens is 173 g/mol. The third-order valence-electron chi connectivity index (χ3n) is 1.45. The summed E-state index contributed by atoms with van der Waals surface area (Å²) in [7, 11) is 0. The Morgan fingerprint density at radius 3 is 3.08 bits per heavy atom. The zero-order valence-electron chi connectivity index (χ0n) is 6.80. The van der Waals surface area contributed by atoms with E-state index in [1.165, 1.54) is 12.3 Å². The number of aromatic amines is 1. The van der Waals surface area contributed by atoms with E-state index in [1.54, 1.807) is 0 Å². The summed E-state index contributed by atoms with van der Waals surface area (Å²) in [5, 5.41) is 10.8. The third kappa shape index (κ3) is 2.30. The minimum atomic E-state index is -0.596. The first kappa shape index (κ1) is 9.26. The van der Waals surface area contributed by atoms with Crippen LogP contribution in [0.5, 0.6) is 0 Å². The van der Waals surface area contributed by atoms with Crippen LogP contribution in [0.1, 0.15) is 16.1 Å². The van der Waals surface area contributed by atoms with Crippen LogP contribution in [0.15, 0.2) is 12.3 Å². The first-order valence-electron chi connectivity index (χ1n) is 3.70. The highest BCUT2D eigenvalue weighted by Gasteiger charge is 2.06. The van der Waals surface area contributed by atoms with Crippen LogP contribution < -0.4 is 5.32 Å². The van der Waals surface area contributed by atoms with Crippen molar-refractivity contribution in [1.82, 2.24) is 10.3 Å². The molecule has 0 saturated carbocycles. The first-order valence-corrected chi connectivity index (χ1v) is 3.70. The van der Waals surface area contributed by atoms with E-state index in [4.69, 9.17) is 5.26 Å². The van der Waals surface area contributed by atoms with Crippen molar-refractivity contribution in [2.45, 2.75) is 0 Å². The van der Waals surface area contributed by atoms with E-state index < -0.39 is 6.67 Å². The maximum Gasteiger partial charge on any atom is 0.252 e. The van der Waals surface area contributed by atoms with E-state index in [9.17, 15) is 9.18 Å². The lowest BCUT2D eigenvalue weighted by molar-refractivity contribution is 0.0951. The summed E-state index contributed by atoms with van der Waals surface area (Å²) in [6.07, 6.45) is 1.41. The van der Waals surface area contributed by atoms with Crippen LogP contribution in [-0.2, 0) is 0 Å². The van der Waals surface area contributed by atoms with Gasteiger partial charge in [0.25, 0.3) is 5.91 Å². The number of nitrogens with one attached hydrogen (secondary N) is 2. The Bertz CT molecular complexity index is 339. The predicted octanol–water partition coefficient (Wildman–Crippen LogP) is 0.586. The molecule has 68 valence electrons. The fourth-order valence-electron chi connectivity index (χ4n) is 0.853. The van der Waals surface area contributed by atoms with Gasteiger partial charge in [-0.05, 0) is 6.07 Å². The number of nitrogens with zero attached hydrogens (tertiary/aromatic N) is 1. The largest absolute Gasteiger partial charge is 0.352 e. The Morgan fingerprint density at radius 1 is 1.77 bits per heavy atom. The van der Waals surface area contributed by atoms with E-state index in [0.717, 1.165) is 0 Å². The van der Waals surface area contributed by atoms with Crippen LogP contribution in [0.2, 0.25) is 0 Å². The number of carbonyl (C=O) groups is 1. The summed E-state index contributed by atoms with van der Waals surface area (Å²) < 4.78 is 11.7. The van der Waals surface area contributed by atoms with Crippen LogP contribution in [0.25, 0.3) is 0 Å². The fraction of sp³-hybridized carbons (Fsp3) is 0.250. The van der Waals surface area contributed by atoms with E-state index in [-0.39, 0.29) is 12.5 Å². The molecule has 1 amide bonds. The van der Waals surface area contributed by atoms with Crippen molar-refractivity contribution >= 4 is 5.91 Å². The molecule has 0 radical (unpaired) electrons. The van der Waals surface area contributed by atoms with Gasteiger partial charge in [0.15, 0.2) is 0 Å². The molecule has 0 spiro atoms. The number of aromatic nitrogens is 1. The van der Waals surface area contributed by atoms with Crippen molar-refractivity contribution in [2.75, 3.05) is 13.2 Å². The molecule has 0 aliphatic rings. The van der Waals surface area contributed by atoms with Gasteiger partial charge < -0.3 is 10.3 Å². The third-order valence-corrected chi connectivity index (χ3v) is 1.45. The number of alkyl halides is 1. The maximum atomic E-state index is 11.7. The molecule has 1 heterocycles. The number of hydrogen-bond donors (Lipinski definition) is 2. The van der Waals surface area contributed by atoms with Gasteiger partial charge >= 0.3 is 0 Å². The van der Waals surface area contributed by atoms with E-state index >= 15 is 0 Å². The van der Waals surface area contributed by atoms with E-state index in [2.05, 4.69) is 10.3 Å². The van der Waals surface area contributed by atoms with Gasteiger partial charge in [-0.1, -0.05) is 0 Å². The Balaban J connectivity index is 2.62. The van der Waals surface area contributed by atoms with Crippen LogP contribution in [0.3, 0.4) is 0 Å². The van der Waals surface area contributed by atoms with Crippen LogP contribution in [0, 0.1) is 11.3 Å². The average Bonchev–Trinajstić information content (AvgIpc) is 2.62. The molecule has 0 fully saturated rings. The van der Waals surface area contributed by atoms with Crippen molar-refractivity contribution in [2.24, 2.45) is 0 Å². The van der Waals surface area contributed by atoms with Crippen molar-refractivity contribution < 1.29 is 9.18 Å². The normalized spacial score (nSPS) is 9.23. The summed E-state index contributed by atoms with van der Waals surface area (Å²) >= 11 is 0. The van der Waals surface area contributed by atoms with Gasteiger partial charge in [-0.2, -0.15) is 5.26 Å². The quantitative estimate of drug-likeness (QED) is 0.716. The molecule has 0 saturated heterocycles. The van der Waals surface area contributed by atoms with E-state index in [1.807, 2.05) is 6.07 Å². The lowest BCUT2D eigenvalue weighted by Crippen LogP contribution is -2.24. The predicted molar refractivity (Wildman–Crippen MR) is 43.8 cm³/mol. The van der Waals surface area contributed by atoms with Crippen molar-refractivity contribution in [3.63, 3.8) is 0 Å².